The van der Waals surface area contributed by atoms with Gasteiger partial charge in [-0.1, -0.05) is 13.8 Å². The van der Waals surface area contributed by atoms with Crippen molar-refractivity contribution in [1.29, 1.82) is 0 Å². The predicted molar refractivity (Wildman–Crippen MR) is 74.9 cm³/mol. The number of rotatable bonds is 3. The third-order valence-corrected chi connectivity index (χ3v) is 4.72. The van der Waals surface area contributed by atoms with E-state index in [2.05, 4.69) is 0 Å². The first-order valence-corrected chi connectivity index (χ1v) is 7.40. The average Bonchev–Trinajstić information content (AvgIpc) is 2.93. The summed E-state index contributed by atoms with van der Waals surface area (Å²) >= 11 is 0. The Morgan fingerprint density at radius 2 is 2.05 bits per heavy atom. The van der Waals surface area contributed by atoms with Gasteiger partial charge in [0, 0.05) is 19.6 Å². The summed E-state index contributed by atoms with van der Waals surface area (Å²) in [6, 6.07) is -0.152. The van der Waals surface area contributed by atoms with E-state index >= 15 is 0 Å². The van der Waals surface area contributed by atoms with Crippen LogP contribution in [0.3, 0.4) is 0 Å². The SMILES string of the molecule is CC(C)C1(C(=O)O)CCN(C(=O)N2CCOC(CO)C2)C1. The van der Waals surface area contributed by atoms with Crippen molar-refractivity contribution >= 4 is 12.0 Å². The lowest BCUT2D eigenvalue weighted by Crippen LogP contribution is -2.52. The molecule has 0 radical (unpaired) electrons. The van der Waals surface area contributed by atoms with Crippen LogP contribution in [0.1, 0.15) is 20.3 Å². The highest BCUT2D eigenvalue weighted by molar-refractivity contribution is 5.80. The maximum absolute atomic E-state index is 12.5. The number of aliphatic hydroxyl groups is 1. The molecule has 0 aromatic rings. The average molecular weight is 300 g/mol. The number of amides is 2. The number of aliphatic hydroxyl groups excluding tert-OH is 1. The highest BCUT2D eigenvalue weighted by atomic mass is 16.5. The molecule has 0 saturated carbocycles. The smallest absolute Gasteiger partial charge is 0.320 e. The number of carboxylic acids is 1. The molecule has 0 aromatic heterocycles. The number of ether oxygens (including phenoxy) is 1. The number of morpholine rings is 1. The van der Waals surface area contributed by atoms with Gasteiger partial charge in [0.25, 0.3) is 0 Å². The maximum atomic E-state index is 12.5. The van der Waals surface area contributed by atoms with Crippen LogP contribution in [0, 0.1) is 11.3 Å². The van der Waals surface area contributed by atoms with Crippen LogP contribution in [0.4, 0.5) is 4.79 Å². The fourth-order valence-electron chi connectivity index (χ4n) is 3.09. The Hall–Kier alpha value is -1.34. The third kappa shape index (κ3) is 2.98. The molecule has 2 saturated heterocycles. The first kappa shape index (κ1) is 16.0. The molecule has 2 N–H and O–H groups in total. The summed E-state index contributed by atoms with van der Waals surface area (Å²) in [5, 5.41) is 18.6. The molecule has 2 fully saturated rings. The van der Waals surface area contributed by atoms with Crippen LogP contribution in [-0.2, 0) is 9.53 Å². The number of hydrogen-bond acceptors (Lipinski definition) is 4. The highest BCUT2D eigenvalue weighted by Gasteiger charge is 2.49. The third-order valence-electron chi connectivity index (χ3n) is 4.72. The van der Waals surface area contributed by atoms with E-state index in [9.17, 15) is 14.7 Å². The fraction of sp³-hybridized carbons (Fsp3) is 0.857. The minimum atomic E-state index is -0.849. The molecule has 2 rings (SSSR count). The standard InChI is InChI=1S/C14H24N2O5/c1-10(2)14(12(18)19)3-4-16(9-14)13(20)15-5-6-21-11(7-15)8-17/h10-11,17H,3-9H2,1-2H3,(H,18,19). The number of carbonyl (C=O) groups excluding carboxylic acids is 1. The minimum Gasteiger partial charge on any atom is -0.481 e. The first-order chi connectivity index (χ1) is 9.90. The quantitative estimate of drug-likeness (QED) is 0.779. The van der Waals surface area contributed by atoms with Gasteiger partial charge in [0.2, 0.25) is 0 Å². The van der Waals surface area contributed by atoms with E-state index in [-0.39, 0.29) is 31.2 Å². The van der Waals surface area contributed by atoms with Crippen LogP contribution in [0.5, 0.6) is 0 Å². The highest BCUT2D eigenvalue weighted by Crippen LogP contribution is 2.38. The van der Waals surface area contributed by atoms with Crippen LogP contribution < -0.4 is 0 Å². The molecule has 0 aliphatic carbocycles. The number of likely N-dealkylation sites (tertiary alicyclic amines) is 1. The Labute approximate surface area is 124 Å². The van der Waals surface area contributed by atoms with Crippen LogP contribution >= 0.6 is 0 Å². The lowest BCUT2D eigenvalue weighted by atomic mass is 9.76. The molecule has 7 nitrogen and oxygen atoms in total. The number of carboxylic acid groups (broad SMARTS) is 1. The number of carbonyl (C=O) groups is 2. The molecule has 2 unspecified atom stereocenters. The Kier molecular flexibility index (Phi) is 4.73. The van der Waals surface area contributed by atoms with E-state index in [0.717, 1.165) is 0 Å². The summed E-state index contributed by atoms with van der Waals surface area (Å²) in [6.07, 6.45) is 0.138. The molecule has 0 aromatic carbocycles. The molecule has 2 aliphatic heterocycles. The molecular weight excluding hydrogens is 276 g/mol. The van der Waals surface area contributed by atoms with Crippen molar-refractivity contribution in [2.75, 3.05) is 39.4 Å². The van der Waals surface area contributed by atoms with Gasteiger partial charge in [0.05, 0.1) is 31.3 Å². The molecule has 2 atom stereocenters. The predicted octanol–water partition coefficient (Wildman–Crippen LogP) is 0.232. The lowest BCUT2D eigenvalue weighted by Gasteiger charge is -2.35. The number of urea groups is 1. The van der Waals surface area contributed by atoms with Gasteiger partial charge < -0.3 is 24.7 Å². The van der Waals surface area contributed by atoms with Gasteiger partial charge in [-0.05, 0) is 12.3 Å². The van der Waals surface area contributed by atoms with Gasteiger partial charge in [0.15, 0.2) is 0 Å². The normalized spacial score (nSPS) is 30.0. The summed E-state index contributed by atoms with van der Waals surface area (Å²) in [5.41, 5.74) is -0.849. The Morgan fingerprint density at radius 1 is 1.33 bits per heavy atom. The topological polar surface area (TPSA) is 90.3 Å². The molecule has 120 valence electrons. The van der Waals surface area contributed by atoms with Crippen molar-refractivity contribution in [1.82, 2.24) is 9.80 Å². The summed E-state index contributed by atoms with van der Waals surface area (Å²) in [6.45, 7) is 5.61. The van der Waals surface area contributed by atoms with Gasteiger partial charge in [-0.3, -0.25) is 4.79 Å². The summed E-state index contributed by atoms with van der Waals surface area (Å²) < 4.78 is 5.33. The van der Waals surface area contributed by atoms with Gasteiger partial charge >= 0.3 is 12.0 Å². The van der Waals surface area contributed by atoms with Crippen molar-refractivity contribution < 1.29 is 24.5 Å². The van der Waals surface area contributed by atoms with Gasteiger partial charge in [-0.2, -0.15) is 0 Å². The van der Waals surface area contributed by atoms with Crippen molar-refractivity contribution in [3.05, 3.63) is 0 Å². The Morgan fingerprint density at radius 3 is 2.57 bits per heavy atom. The van der Waals surface area contributed by atoms with Crippen molar-refractivity contribution in [2.45, 2.75) is 26.4 Å². The molecule has 2 heterocycles. The van der Waals surface area contributed by atoms with Crippen LogP contribution in [-0.4, -0.2) is 77.5 Å². The van der Waals surface area contributed by atoms with Crippen LogP contribution in [0.15, 0.2) is 0 Å². The van der Waals surface area contributed by atoms with E-state index < -0.39 is 11.4 Å². The number of nitrogens with zero attached hydrogens (tertiary/aromatic N) is 2. The lowest BCUT2D eigenvalue weighted by molar-refractivity contribution is -0.150. The Bertz CT molecular complexity index is 414. The zero-order chi connectivity index (χ0) is 15.6. The Balaban J connectivity index is 2.03. The van der Waals surface area contributed by atoms with Gasteiger partial charge in [-0.15, -0.1) is 0 Å². The fourth-order valence-corrected chi connectivity index (χ4v) is 3.09. The number of hydrogen-bond donors (Lipinski definition) is 2. The largest absolute Gasteiger partial charge is 0.481 e. The molecule has 21 heavy (non-hydrogen) atoms. The first-order valence-electron chi connectivity index (χ1n) is 7.40. The van der Waals surface area contributed by atoms with Crippen molar-refractivity contribution in [3.8, 4) is 0 Å². The summed E-state index contributed by atoms with van der Waals surface area (Å²) in [5.74, 6) is -0.856. The molecular formula is C14H24N2O5. The van der Waals surface area contributed by atoms with E-state index in [4.69, 9.17) is 9.84 Å². The van der Waals surface area contributed by atoms with E-state index in [1.165, 1.54) is 0 Å². The molecule has 2 amide bonds. The number of aliphatic carboxylic acids is 1. The molecule has 0 spiro atoms. The van der Waals surface area contributed by atoms with Crippen molar-refractivity contribution in [2.24, 2.45) is 11.3 Å². The van der Waals surface area contributed by atoms with E-state index in [0.29, 0.717) is 32.7 Å². The minimum absolute atomic E-state index is 0.0253. The molecule has 0 bridgehead atoms. The zero-order valence-corrected chi connectivity index (χ0v) is 12.6. The maximum Gasteiger partial charge on any atom is 0.320 e. The van der Waals surface area contributed by atoms with Gasteiger partial charge in [-0.25, -0.2) is 4.79 Å². The van der Waals surface area contributed by atoms with E-state index in [1.807, 2.05) is 13.8 Å². The van der Waals surface area contributed by atoms with Crippen LogP contribution in [0.2, 0.25) is 0 Å². The second-order valence-corrected chi connectivity index (χ2v) is 6.19. The summed E-state index contributed by atoms with van der Waals surface area (Å²) in [7, 11) is 0. The van der Waals surface area contributed by atoms with Crippen LogP contribution in [0.25, 0.3) is 0 Å². The second-order valence-electron chi connectivity index (χ2n) is 6.19. The van der Waals surface area contributed by atoms with Crippen molar-refractivity contribution in [3.63, 3.8) is 0 Å². The monoisotopic (exact) mass is 300 g/mol. The molecule has 2 aliphatic rings. The molecule has 7 heteroatoms. The summed E-state index contributed by atoms with van der Waals surface area (Å²) in [4.78, 5) is 27.4. The second kappa shape index (κ2) is 6.19. The van der Waals surface area contributed by atoms with Gasteiger partial charge in [0.1, 0.15) is 0 Å². The zero-order valence-electron chi connectivity index (χ0n) is 12.6. The van der Waals surface area contributed by atoms with E-state index in [1.54, 1.807) is 9.80 Å².